The van der Waals surface area contributed by atoms with Gasteiger partial charge in [-0.25, -0.2) is 4.63 Å². The van der Waals surface area contributed by atoms with Gasteiger partial charge in [0.05, 0.1) is 9.92 Å². The van der Waals surface area contributed by atoms with Gasteiger partial charge in [-0.3, -0.25) is 4.21 Å². The standard InChI is InChI=1S/C6H3ClN2O3S.Na/c7-3-1-2-4(13(10)11)6-5(3)8-12-9-6;/h1-2H,(H,10,11);/q;+1/p-1. The van der Waals surface area contributed by atoms with Gasteiger partial charge in [-0.05, 0) is 33.5 Å². The molecular formula is C6H2ClN2NaO3S. The minimum Gasteiger partial charge on any atom is -0.768 e. The van der Waals surface area contributed by atoms with E-state index in [4.69, 9.17) is 11.6 Å². The van der Waals surface area contributed by atoms with Gasteiger partial charge in [-0.2, -0.15) is 0 Å². The molecule has 1 aromatic heterocycles. The second-order valence-corrected chi connectivity index (χ2v) is 3.56. The SMILES string of the molecule is O=S([O-])c1ccc(Cl)c2nonc12.[Na+]. The Bertz CT molecular complexity index is 489. The van der Waals surface area contributed by atoms with E-state index < -0.39 is 11.1 Å². The molecule has 0 saturated heterocycles. The van der Waals surface area contributed by atoms with Gasteiger partial charge < -0.3 is 4.55 Å². The minimum atomic E-state index is -2.36. The Hall–Kier alpha value is 0.0200. The number of rotatable bonds is 1. The molecular weight excluding hydrogens is 239 g/mol. The summed E-state index contributed by atoms with van der Waals surface area (Å²) < 4.78 is 25.7. The first-order valence-corrected chi connectivity index (χ1v) is 4.65. The number of hydrogen-bond donors (Lipinski definition) is 0. The molecule has 1 heterocycles. The van der Waals surface area contributed by atoms with Crippen molar-refractivity contribution < 1.29 is 42.9 Å². The fourth-order valence-electron chi connectivity index (χ4n) is 0.948. The molecule has 5 nitrogen and oxygen atoms in total. The van der Waals surface area contributed by atoms with E-state index in [2.05, 4.69) is 14.9 Å². The number of halogens is 1. The summed E-state index contributed by atoms with van der Waals surface area (Å²) >= 11 is 3.35. The number of nitrogens with zero attached hydrogens (tertiary/aromatic N) is 2. The molecule has 0 fully saturated rings. The quantitative estimate of drug-likeness (QED) is 0.431. The number of fused-ring (bicyclic) bond motifs is 1. The molecule has 0 bridgehead atoms. The van der Waals surface area contributed by atoms with Crippen molar-refractivity contribution in [3.8, 4) is 0 Å². The first-order chi connectivity index (χ1) is 6.20. The average molecular weight is 241 g/mol. The molecule has 2 rings (SSSR count). The Kier molecular flexibility index (Phi) is 4.05. The van der Waals surface area contributed by atoms with Crippen molar-refractivity contribution in [3.05, 3.63) is 17.2 Å². The number of aromatic nitrogens is 2. The van der Waals surface area contributed by atoms with Crippen molar-refractivity contribution in [1.29, 1.82) is 0 Å². The van der Waals surface area contributed by atoms with Gasteiger partial charge in [0.2, 0.25) is 0 Å². The largest absolute Gasteiger partial charge is 1.00 e. The van der Waals surface area contributed by atoms with Crippen LogP contribution in [0, 0.1) is 0 Å². The van der Waals surface area contributed by atoms with Crippen LogP contribution in [0.4, 0.5) is 0 Å². The van der Waals surface area contributed by atoms with E-state index in [-0.39, 0.29) is 45.5 Å². The van der Waals surface area contributed by atoms with Crippen molar-refractivity contribution in [2.75, 3.05) is 0 Å². The fourth-order valence-corrected chi connectivity index (χ4v) is 1.61. The topological polar surface area (TPSA) is 79.0 Å². The van der Waals surface area contributed by atoms with E-state index in [9.17, 15) is 8.76 Å². The third-order valence-electron chi connectivity index (χ3n) is 1.51. The number of benzene rings is 1. The molecule has 0 aliphatic heterocycles. The molecule has 1 atom stereocenters. The monoisotopic (exact) mass is 240 g/mol. The van der Waals surface area contributed by atoms with E-state index >= 15 is 0 Å². The summed E-state index contributed by atoms with van der Waals surface area (Å²) in [6.07, 6.45) is 0. The Balaban J connectivity index is 0.000000980. The molecule has 68 valence electrons. The summed E-state index contributed by atoms with van der Waals surface area (Å²) in [4.78, 5) is 0.0284. The maximum absolute atomic E-state index is 10.7. The fraction of sp³-hybridized carbons (Fsp3) is 0. The molecule has 1 unspecified atom stereocenters. The van der Waals surface area contributed by atoms with Gasteiger partial charge in [0.15, 0.2) is 11.0 Å². The van der Waals surface area contributed by atoms with Gasteiger partial charge in [-0.15, -0.1) is 0 Å². The summed E-state index contributed by atoms with van der Waals surface area (Å²) in [5, 5.41) is 7.22. The molecule has 0 amide bonds. The Labute approximate surface area is 108 Å². The molecule has 8 heteroatoms. The van der Waals surface area contributed by atoms with Crippen LogP contribution in [0.15, 0.2) is 21.7 Å². The van der Waals surface area contributed by atoms with Gasteiger partial charge in [0, 0.05) is 0 Å². The second kappa shape index (κ2) is 4.69. The molecule has 14 heavy (non-hydrogen) atoms. The van der Waals surface area contributed by atoms with E-state index in [0.717, 1.165) is 0 Å². The van der Waals surface area contributed by atoms with Crippen molar-refractivity contribution in [1.82, 2.24) is 10.3 Å². The van der Waals surface area contributed by atoms with E-state index in [1.54, 1.807) is 0 Å². The normalized spacial score (nSPS) is 12.4. The van der Waals surface area contributed by atoms with Gasteiger partial charge in [-0.1, -0.05) is 11.6 Å². The summed E-state index contributed by atoms with van der Waals surface area (Å²) in [5.41, 5.74) is 0.407. The van der Waals surface area contributed by atoms with Crippen LogP contribution in [0.3, 0.4) is 0 Å². The van der Waals surface area contributed by atoms with Gasteiger partial charge in [0.25, 0.3) is 0 Å². The van der Waals surface area contributed by atoms with E-state index in [0.29, 0.717) is 5.02 Å². The van der Waals surface area contributed by atoms with E-state index in [1.165, 1.54) is 12.1 Å². The zero-order chi connectivity index (χ0) is 9.42. The zero-order valence-electron chi connectivity index (χ0n) is 7.06. The molecule has 0 saturated carbocycles. The predicted molar refractivity (Wildman–Crippen MR) is 44.0 cm³/mol. The smallest absolute Gasteiger partial charge is 0.768 e. The van der Waals surface area contributed by atoms with Crippen molar-refractivity contribution in [2.45, 2.75) is 4.90 Å². The van der Waals surface area contributed by atoms with Crippen LogP contribution in [0.1, 0.15) is 0 Å². The summed E-state index contributed by atoms with van der Waals surface area (Å²) in [6, 6.07) is 2.78. The molecule has 1 aromatic carbocycles. The predicted octanol–water partition coefficient (Wildman–Crippen LogP) is -1.88. The average Bonchev–Trinajstić information content (AvgIpc) is 2.53. The van der Waals surface area contributed by atoms with Crippen LogP contribution >= 0.6 is 11.6 Å². The second-order valence-electron chi connectivity index (χ2n) is 2.24. The van der Waals surface area contributed by atoms with E-state index in [1.807, 2.05) is 0 Å². The van der Waals surface area contributed by atoms with Crippen molar-refractivity contribution in [3.63, 3.8) is 0 Å². The molecule has 2 aromatic rings. The first-order valence-electron chi connectivity index (χ1n) is 3.20. The number of hydrogen-bond acceptors (Lipinski definition) is 5. The van der Waals surface area contributed by atoms with Crippen LogP contribution < -0.4 is 29.6 Å². The van der Waals surface area contributed by atoms with Gasteiger partial charge >= 0.3 is 29.6 Å². The molecule has 0 N–H and O–H groups in total. The zero-order valence-corrected chi connectivity index (χ0v) is 10.6. The molecule has 0 aliphatic rings. The molecule has 0 spiro atoms. The molecule has 0 aliphatic carbocycles. The van der Waals surface area contributed by atoms with Crippen molar-refractivity contribution in [2.24, 2.45) is 0 Å². The maximum atomic E-state index is 10.7. The van der Waals surface area contributed by atoms with Crippen LogP contribution in [-0.2, 0) is 11.1 Å². The third-order valence-corrected chi connectivity index (χ3v) is 2.50. The Morgan fingerprint density at radius 3 is 2.64 bits per heavy atom. The third kappa shape index (κ3) is 2.00. The van der Waals surface area contributed by atoms with Crippen LogP contribution in [0.5, 0.6) is 0 Å². The summed E-state index contributed by atoms with van der Waals surface area (Å²) in [7, 11) is 0. The van der Waals surface area contributed by atoms with Crippen LogP contribution in [-0.4, -0.2) is 19.1 Å². The van der Waals surface area contributed by atoms with Gasteiger partial charge in [0.1, 0.15) is 0 Å². The van der Waals surface area contributed by atoms with Crippen LogP contribution in [0.25, 0.3) is 11.0 Å². The Morgan fingerprint density at radius 1 is 1.36 bits per heavy atom. The maximum Gasteiger partial charge on any atom is 1.00 e. The summed E-state index contributed by atoms with van der Waals surface area (Å²) in [6.45, 7) is 0. The van der Waals surface area contributed by atoms with Crippen LogP contribution in [0.2, 0.25) is 5.02 Å². The summed E-state index contributed by atoms with van der Waals surface area (Å²) in [5.74, 6) is 0. The first kappa shape index (κ1) is 12.1. The minimum absolute atomic E-state index is 0. The Morgan fingerprint density at radius 2 is 2.00 bits per heavy atom. The van der Waals surface area contributed by atoms with Crippen molar-refractivity contribution >= 4 is 33.7 Å². The molecule has 0 radical (unpaired) electrons.